The van der Waals surface area contributed by atoms with Crippen molar-refractivity contribution in [2.45, 2.75) is 13.8 Å². The number of nitrogen functional groups attached to an aromatic ring is 1. The molecule has 1 aliphatic rings. The van der Waals surface area contributed by atoms with E-state index in [0.717, 1.165) is 21.6 Å². The smallest absolute Gasteiger partial charge is 0.169 e. The van der Waals surface area contributed by atoms with E-state index in [1.807, 2.05) is 59.9 Å². The Bertz CT molecular complexity index is 3410. The van der Waals surface area contributed by atoms with Crippen LogP contribution in [0.4, 0.5) is 5.69 Å². The third-order valence-corrected chi connectivity index (χ3v) is 14.8. The molecule has 0 bridgehead atoms. The van der Waals surface area contributed by atoms with Crippen LogP contribution < -0.4 is 11.3 Å². The third kappa shape index (κ3) is 6.40. The van der Waals surface area contributed by atoms with Crippen LogP contribution in [0.1, 0.15) is 18.1 Å². The molecule has 0 fully saturated rings. The van der Waals surface area contributed by atoms with Crippen LogP contribution in [0, 0.1) is 6.92 Å². The van der Waals surface area contributed by atoms with Crippen molar-refractivity contribution in [3.05, 3.63) is 168 Å². The number of benzene rings is 8. The lowest BCUT2D eigenvalue weighted by Crippen LogP contribution is -2.06. The number of nitrogens with two attached hydrogens (primary N) is 1. The molecule has 12 rings (SSSR count). The number of Topliss-reactive ketones (excluding diaryl/α,β-unsaturated/α-hetero) is 1. The van der Waals surface area contributed by atoms with E-state index in [-0.39, 0.29) is 18.2 Å². The van der Waals surface area contributed by atoms with Crippen LogP contribution in [-0.4, -0.2) is 16.5 Å². The van der Waals surface area contributed by atoms with Crippen molar-refractivity contribution in [2.24, 2.45) is 5.84 Å². The number of carbonyl (C=O) groups is 1. The van der Waals surface area contributed by atoms with Crippen LogP contribution in [0.25, 0.3) is 88.6 Å². The molecule has 0 radical (unpaired) electrons. The molecule has 1 aliphatic heterocycles. The summed E-state index contributed by atoms with van der Waals surface area (Å²) >= 11 is 5.52. The molecule has 0 atom stereocenters. The normalized spacial score (nSPS) is 12.8. The Morgan fingerprint density at radius 1 is 0.552 bits per heavy atom. The molecule has 58 heavy (non-hydrogen) atoms. The maximum atomic E-state index is 11.7. The van der Waals surface area contributed by atoms with E-state index in [4.69, 9.17) is 5.84 Å². The number of halogens is 1. The maximum absolute atomic E-state index is 11.7. The number of carbonyl (C=O) groups excluding carboxylic acids is 1. The predicted octanol–water partition coefficient (Wildman–Crippen LogP) is 14.8. The second-order valence-corrected chi connectivity index (χ2v) is 17.4. The van der Waals surface area contributed by atoms with Crippen LogP contribution >= 0.6 is 46.8 Å². The highest BCUT2D eigenvalue weighted by molar-refractivity contribution is 8.09. The topological polar surface area (TPSA) is 70.9 Å². The van der Waals surface area contributed by atoms with Gasteiger partial charge in [-0.15, -0.1) is 46.8 Å². The van der Waals surface area contributed by atoms with Crippen LogP contribution in [0.15, 0.2) is 157 Å². The van der Waals surface area contributed by atoms with Crippen molar-refractivity contribution in [1.29, 1.82) is 0 Å². The summed E-state index contributed by atoms with van der Waals surface area (Å²) < 4.78 is 5.57. The van der Waals surface area contributed by atoms with Crippen molar-refractivity contribution < 1.29 is 4.79 Å². The van der Waals surface area contributed by atoms with E-state index >= 15 is 0 Å². The fourth-order valence-electron chi connectivity index (χ4n) is 8.16. The summed E-state index contributed by atoms with van der Waals surface area (Å²) in [5.41, 5.74) is 9.59. The van der Waals surface area contributed by atoms with Gasteiger partial charge in [-0.2, -0.15) is 0 Å². The number of anilines is 1. The van der Waals surface area contributed by atoms with Crippen molar-refractivity contribution in [1.82, 2.24) is 4.98 Å². The molecule has 0 unspecified atom stereocenters. The molecule has 284 valence electrons. The number of hydrazine groups is 1. The van der Waals surface area contributed by atoms with Crippen molar-refractivity contribution in [3.8, 4) is 0 Å². The van der Waals surface area contributed by atoms with Crippen LogP contribution in [-0.2, 0) is 4.79 Å². The summed E-state index contributed by atoms with van der Waals surface area (Å²) in [6.45, 7) is 4.06. The van der Waals surface area contributed by atoms with Gasteiger partial charge < -0.3 is 10.4 Å². The SMILES string of the molecule is CC1=C(c2c(C)ccc3ccccc23)SCC1=O.Cl.NNc1cccc2ccccc12.c1ccc2c(c1)ccc1c2[nH]c2c1sc1c2sc2ccc3ccccc3c21. The molecule has 4 nitrogen and oxygen atoms in total. The quantitative estimate of drug-likeness (QED) is 0.120. The Balaban J connectivity index is 0.000000122. The predicted molar refractivity (Wildman–Crippen MR) is 259 cm³/mol. The number of aromatic nitrogens is 1. The van der Waals surface area contributed by atoms with Gasteiger partial charge in [-0.1, -0.05) is 140 Å². The summed E-state index contributed by atoms with van der Waals surface area (Å²) in [6, 6.07) is 53.2. The number of thiophene rings is 2. The molecular formula is C50H38ClN3OS3. The highest BCUT2D eigenvalue weighted by atomic mass is 35.5. The van der Waals surface area contributed by atoms with Gasteiger partial charge in [0.15, 0.2) is 5.78 Å². The number of nitrogens with one attached hydrogen (secondary N) is 2. The first-order chi connectivity index (χ1) is 28.0. The average Bonchev–Trinajstić information content (AvgIpc) is 4.01. The van der Waals surface area contributed by atoms with Crippen LogP contribution in [0.5, 0.6) is 0 Å². The number of allylic oxidation sites excluding steroid dienone is 1. The van der Waals surface area contributed by atoms with Crippen molar-refractivity contribution in [3.63, 3.8) is 0 Å². The monoisotopic (exact) mass is 827 g/mol. The Hall–Kier alpha value is -5.67. The number of H-pyrrole nitrogens is 1. The molecule has 8 aromatic carbocycles. The average molecular weight is 829 g/mol. The summed E-state index contributed by atoms with van der Waals surface area (Å²) in [5.74, 6) is 6.22. The number of hydrogen-bond donors (Lipinski definition) is 3. The molecule has 0 saturated carbocycles. The van der Waals surface area contributed by atoms with Crippen molar-refractivity contribution in [2.75, 3.05) is 11.2 Å². The van der Waals surface area contributed by atoms with E-state index in [1.54, 1.807) is 11.8 Å². The molecule has 8 heteroatoms. The van der Waals surface area contributed by atoms with Gasteiger partial charge in [-0.25, -0.2) is 0 Å². The molecule has 0 spiro atoms. The Kier molecular flexibility index (Phi) is 10.2. The fraction of sp³-hybridized carbons (Fsp3) is 0.0600. The number of thioether (sulfide) groups is 1. The number of aromatic amines is 1. The lowest BCUT2D eigenvalue weighted by molar-refractivity contribution is -0.113. The first-order valence-corrected chi connectivity index (χ1v) is 21.6. The minimum Gasteiger partial charge on any atom is -0.352 e. The number of rotatable bonds is 2. The molecule has 0 saturated heterocycles. The van der Waals surface area contributed by atoms with Crippen LogP contribution in [0.3, 0.4) is 0 Å². The van der Waals surface area contributed by atoms with E-state index in [9.17, 15) is 4.79 Å². The van der Waals surface area contributed by atoms with Gasteiger partial charge in [0.25, 0.3) is 0 Å². The molecule has 11 aromatic rings. The molecule has 4 heterocycles. The summed E-state index contributed by atoms with van der Waals surface area (Å²) in [6.07, 6.45) is 0. The lowest BCUT2D eigenvalue weighted by Gasteiger charge is -2.11. The summed E-state index contributed by atoms with van der Waals surface area (Å²) in [5, 5.41) is 12.9. The van der Waals surface area contributed by atoms with Gasteiger partial charge in [0.1, 0.15) is 0 Å². The highest BCUT2D eigenvalue weighted by Gasteiger charge is 2.24. The Morgan fingerprint density at radius 3 is 1.84 bits per heavy atom. The lowest BCUT2D eigenvalue weighted by atomic mass is 9.97. The zero-order valence-electron chi connectivity index (χ0n) is 31.8. The van der Waals surface area contributed by atoms with Gasteiger partial charge in [0.05, 0.1) is 36.6 Å². The minimum absolute atomic E-state index is 0. The summed E-state index contributed by atoms with van der Waals surface area (Å²) in [7, 11) is 0. The van der Waals surface area contributed by atoms with Gasteiger partial charge in [0.2, 0.25) is 0 Å². The maximum Gasteiger partial charge on any atom is 0.169 e. The second-order valence-electron chi connectivity index (χ2n) is 14.4. The van der Waals surface area contributed by atoms with E-state index in [2.05, 4.69) is 139 Å². The molecule has 4 N–H and O–H groups in total. The molecule has 0 aliphatic carbocycles. The minimum atomic E-state index is 0. The van der Waals surface area contributed by atoms with Gasteiger partial charge in [-0.05, 0) is 69.4 Å². The summed E-state index contributed by atoms with van der Waals surface area (Å²) in [4.78, 5) is 16.7. The molecular weight excluding hydrogens is 790 g/mol. The fourth-order valence-corrected chi connectivity index (χ4v) is 12.1. The number of ketones is 1. The largest absolute Gasteiger partial charge is 0.352 e. The number of aryl methyl sites for hydroxylation is 1. The molecule has 3 aromatic heterocycles. The van der Waals surface area contributed by atoms with Gasteiger partial charge in [0, 0.05) is 36.7 Å². The van der Waals surface area contributed by atoms with Gasteiger partial charge in [-0.3, -0.25) is 10.6 Å². The Labute approximate surface area is 353 Å². The Morgan fingerprint density at radius 2 is 1.14 bits per heavy atom. The first-order valence-electron chi connectivity index (χ1n) is 18.9. The zero-order valence-corrected chi connectivity index (χ0v) is 35.0. The molecule has 0 amide bonds. The number of hydrogen-bond acceptors (Lipinski definition) is 6. The standard InChI is InChI=1S/C24H13NS2.C16H14OS.C10H10N2.ClH/c1-3-7-15-13(5-1)10-12-18-19(15)23-24(26-18)21-22(27-23)17-11-9-14-6-2-4-8-16(14)20(17)25-21;1-10-7-8-12-5-3-4-6-13(12)15(10)16-11(2)14(17)9-18-16;11-12-10-7-3-5-8-4-1-2-6-9(8)10;/h1-12,25H;3-8H,9H2,1-2H3;1-7,12H,11H2;1H. The van der Waals surface area contributed by atoms with Crippen molar-refractivity contribution >= 4 is 147 Å². The third-order valence-electron chi connectivity index (χ3n) is 11.0. The first kappa shape index (κ1) is 37.9. The van der Waals surface area contributed by atoms with E-state index in [0.29, 0.717) is 5.75 Å². The zero-order chi connectivity index (χ0) is 38.6. The van der Waals surface area contributed by atoms with Gasteiger partial charge >= 0.3 is 0 Å². The highest BCUT2D eigenvalue weighted by Crippen LogP contribution is 2.49. The van der Waals surface area contributed by atoms with Crippen LogP contribution in [0.2, 0.25) is 0 Å². The van der Waals surface area contributed by atoms with E-state index in [1.165, 1.54) is 89.4 Å². The second kappa shape index (κ2) is 15.6. The number of fused-ring (bicyclic) bond motifs is 13. The van der Waals surface area contributed by atoms with E-state index < -0.39 is 0 Å².